The number of nitrogen functional groups attached to an aromatic ring is 1. The highest BCUT2D eigenvalue weighted by molar-refractivity contribution is 5.31. The van der Waals surface area contributed by atoms with Crippen molar-refractivity contribution in [2.45, 2.75) is 13.3 Å². The van der Waals surface area contributed by atoms with Crippen molar-refractivity contribution in [3.05, 3.63) is 11.8 Å². The van der Waals surface area contributed by atoms with E-state index in [4.69, 9.17) is 10.6 Å². The van der Waals surface area contributed by atoms with E-state index in [0.717, 1.165) is 0 Å². The standard InChI is InChI=1S/C7H10F2N4O/c1-4-2-11-7(13-10)12-6(4)14-3-5(8)9/h2,5H,3,10H2,1H3,(H,11,12,13). The van der Waals surface area contributed by atoms with Crippen LogP contribution in [0.25, 0.3) is 0 Å². The molecule has 78 valence electrons. The van der Waals surface area contributed by atoms with Gasteiger partial charge >= 0.3 is 0 Å². The van der Waals surface area contributed by atoms with Crippen molar-refractivity contribution in [1.82, 2.24) is 9.97 Å². The first-order chi connectivity index (χ1) is 6.63. The molecule has 0 bridgehead atoms. The van der Waals surface area contributed by atoms with E-state index in [2.05, 4.69) is 15.4 Å². The van der Waals surface area contributed by atoms with Crippen LogP contribution in [-0.4, -0.2) is 23.0 Å². The summed E-state index contributed by atoms with van der Waals surface area (Å²) in [5.41, 5.74) is 2.77. The van der Waals surface area contributed by atoms with Crippen molar-refractivity contribution in [3.63, 3.8) is 0 Å². The molecule has 1 aromatic heterocycles. The van der Waals surface area contributed by atoms with Crippen LogP contribution >= 0.6 is 0 Å². The highest BCUT2D eigenvalue weighted by atomic mass is 19.3. The third kappa shape index (κ3) is 2.77. The summed E-state index contributed by atoms with van der Waals surface area (Å²) in [7, 11) is 0. The number of anilines is 1. The van der Waals surface area contributed by atoms with Gasteiger partial charge < -0.3 is 4.74 Å². The maximum Gasteiger partial charge on any atom is 0.272 e. The Bertz CT molecular complexity index is 308. The molecule has 0 saturated carbocycles. The van der Waals surface area contributed by atoms with Gasteiger partial charge in [0.1, 0.15) is 0 Å². The maximum atomic E-state index is 11.8. The molecule has 0 radical (unpaired) electrons. The van der Waals surface area contributed by atoms with Crippen molar-refractivity contribution in [2.75, 3.05) is 12.0 Å². The van der Waals surface area contributed by atoms with Crippen LogP contribution in [0.4, 0.5) is 14.7 Å². The van der Waals surface area contributed by atoms with Gasteiger partial charge in [-0.2, -0.15) is 4.98 Å². The van der Waals surface area contributed by atoms with Crippen LogP contribution in [0.2, 0.25) is 0 Å². The van der Waals surface area contributed by atoms with Gasteiger partial charge in [0.15, 0.2) is 6.61 Å². The number of ether oxygens (including phenoxy) is 1. The predicted molar refractivity (Wildman–Crippen MR) is 46.1 cm³/mol. The smallest absolute Gasteiger partial charge is 0.272 e. The molecule has 0 atom stereocenters. The predicted octanol–water partition coefficient (Wildman–Crippen LogP) is 0.715. The van der Waals surface area contributed by atoms with Gasteiger partial charge in [0.05, 0.1) is 0 Å². The Hall–Kier alpha value is -1.50. The molecule has 0 aliphatic heterocycles. The topological polar surface area (TPSA) is 73.1 Å². The van der Waals surface area contributed by atoms with Gasteiger partial charge in [0, 0.05) is 11.8 Å². The first-order valence-corrected chi connectivity index (χ1v) is 3.84. The second-order valence-corrected chi connectivity index (χ2v) is 2.53. The molecule has 0 unspecified atom stereocenters. The molecule has 1 heterocycles. The molecule has 0 fully saturated rings. The van der Waals surface area contributed by atoms with Gasteiger partial charge in [-0.1, -0.05) is 0 Å². The molecule has 7 heteroatoms. The summed E-state index contributed by atoms with van der Waals surface area (Å²) in [6.07, 6.45) is -1.10. The summed E-state index contributed by atoms with van der Waals surface area (Å²) in [5, 5.41) is 0. The number of hydrogen-bond donors (Lipinski definition) is 2. The number of nitrogens with two attached hydrogens (primary N) is 1. The summed E-state index contributed by atoms with van der Waals surface area (Å²) in [5.74, 6) is 5.28. The van der Waals surface area contributed by atoms with E-state index in [1.54, 1.807) is 6.92 Å². The molecular formula is C7H10F2N4O. The Kier molecular flexibility index (Phi) is 3.52. The highest BCUT2D eigenvalue weighted by Crippen LogP contribution is 2.15. The molecule has 1 aromatic rings. The lowest BCUT2D eigenvalue weighted by atomic mass is 10.4. The number of hydrazine groups is 1. The number of rotatable bonds is 4. The van der Waals surface area contributed by atoms with Crippen molar-refractivity contribution >= 4 is 5.95 Å². The minimum Gasteiger partial charge on any atom is -0.471 e. The number of nitrogens with zero attached hydrogens (tertiary/aromatic N) is 2. The molecule has 0 aliphatic carbocycles. The molecule has 0 saturated heterocycles. The Morgan fingerprint density at radius 1 is 1.64 bits per heavy atom. The zero-order valence-corrected chi connectivity index (χ0v) is 7.50. The normalized spacial score (nSPS) is 10.4. The number of aryl methyl sites for hydroxylation is 1. The SMILES string of the molecule is Cc1cnc(NN)nc1OCC(F)F. The maximum absolute atomic E-state index is 11.8. The molecule has 1 rings (SSSR count). The van der Waals surface area contributed by atoms with Crippen LogP contribution < -0.4 is 16.0 Å². The van der Waals surface area contributed by atoms with E-state index in [1.165, 1.54) is 6.20 Å². The van der Waals surface area contributed by atoms with Crippen LogP contribution in [0, 0.1) is 6.92 Å². The van der Waals surface area contributed by atoms with E-state index < -0.39 is 13.0 Å². The second kappa shape index (κ2) is 4.66. The summed E-state index contributed by atoms with van der Waals surface area (Å²) >= 11 is 0. The van der Waals surface area contributed by atoms with Crippen LogP contribution in [0.1, 0.15) is 5.56 Å². The molecule has 5 nitrogen and oxygen atoms in total. The molecule has 14 heavy (non-hydrogen) atoms. The highest BCUT2D eigenvalue weighted by Gasteiger charge is 2.08. The Balaban J connectivity index is 2.73. The van der Waals surface area contributed by atoms with Crippen LogP contribution in [0.15, 0.2) is 6.20 Å². The van der Waals surface area contributed by atoms with Crippen molar-refractivity contribution in [1.29, 1.82) is 0 Å². The number of halogens is 2. The van der Waals surface area contributed by atoms with Gasteiger partial charge in [-0.05, 0) is 6.92 Å². The molecular weight excluding hydrogens is 194 g/mol. The van der Waals surface area contributed by atoms with Gasteiger partial charge in [-0.25, -0.2) is 19.6 Å². The number of hydrogen-bond acceptors (Lipinski definition) is 5. The molecule has 0 aromatic carbocycles. The van der Waals surface area contributed by atoms with Gasteiger partial charge in [0.2, 0.25) is 11.8 Å². The quantitative estimate of drug-likeness (QED) is 0.558. The summed E-state index contributed by atoms with van der Waals surface area (Å²) in [4.78, 5) is 7.53. The van der Waals surface area contributed by atoms with Crippen molar-refractivity contribution < 1.29 is 13.5 Å². The van der Waals surface area contributed by atoms with Gasteiger partial charge in [-0.15, -0.1) is 0 Å². The van der Waals surface area contributed by atoms with Crippen molar-refractivity contribution in [3.8, 4) is 5.88 Å². The summed E-state index contributed by atoms with van der Waals surface area (Å²) < 4.78 is 28.4. The Morgan fingerprint density at radius 2 is 2.36 bits per heavy atom. The van der Waals surface area contributed by atoms with Crippen LogP contribution in [-0.2, 0) is 0 Å². The minimum absolute atomic E-state index is 0.105. The third-order valence-electron chi connectivity index (χ3n) is 1.40. The fraction of sp³-hybridized carbons (Fsp3) is 0.429. The molecule has 0 spiro atoms. The average Bonchev–Trinajstić information content (AvgIpc) is 2.16. The first-order valence-electron chi connectivity index (χ1n) is 3.84. The Morgan fingerprint density at radius 3 is 2.93 bits per heavy atom. The van der Waals surface area contributed by atoms with E-state index in [1.807, 2.05) is 0 Å². The van der Waals surface area contributed by atoms with Crippen LogP contribution in [0.3, 0.4) is 0 Å². The number of nitrogens with one attached hydrogen (secondary N) is 1. The summed E-state index contributed by atoms with van der Waals surface area (Å²) in [6, 6.07) is 0. The first kappa shape index (κ1) is 10.6. The minimum atomic E-state index is -2.53. The largest absolute Gasteiger partial charge is 0.471 e. The van der Waals surface area contributed by atoms with Gasteiger partial charge in [-0.3, -0.25) is 5.43 Å². The van der Waals surface area contributed by atoms with E-state index >= 15 is 0 Å². The van der Waals surface area contributed by atoms with Crippen molar-refractivity contribution in [2.24, 2.45) is 5.84 Å². The number of aromatic nitrogens is 2. The Labute approximate surface area is 79.3 Å². The second-order valence-electron chi connectivity index (χ2n) is 2.53. The molecule has 3 N–H and O–H groups in total. The third-order valence-corrected chi connectivity index (χ3v) is 1.40. The lowest BCUT2D eigenvalue weighted by Gasteiger charge is -2.07. The fourth-order valence-corrected chi connectivity index (χ4v) is 0.784. The monoisotopic (exact) mass is 204 g/mol. The van der Waals surface area contributed by atoms with E-state index in [-0.39, 0.29) is 11.8 Å². The van der Waals surface area contributed by atoms with E-state index in [9.17, 15) is 8.78 Å². The number of alkyl halides is 2. The zero-order chi connectivity index (χ0) is 10.6. The van der Waals surface area contributed by atoms with E-state index in [0.29, 0.717) is 5.56 Å². The fourth-order valence-electron chi connectivity index (χ4n) is 0.784. The average molecular weight is 204 g/mol. The van der Waals surface area contributed by atoms with Gasteiger partial charge in [0.25, 0.3) is 6.43 Å². The van der Waals surface area contributed by atoms with Crippen LogP contribution in [0.5, 0.6) is 5.88 Å². The molecule has 0 amide bonds. The lowest BCUT2D eigenvalue weighted by Crippen LogP contribution is -2.13. The zero-order valence-electron chi connectivity index (χ0n) is 7.50. The molecule has 0 aliphatic rings. The summed E-state index contributed by atoms with van der Waals surface area (Å²) in [6.45, 7) is 0.961. The lowest BCUT2D eigenvalue weighted by molar-refractivity contribution is 0.0792.